The first-order valence-corrected chi connectivity index (χ1v) is 10.5. The molecule has 3 heterocycles. The molecule has 4 rings (SSSR count). The number of nitrogens with zero attached hydrogens (tertiary/aromatic N) is 6. The highest BCUT2D eigenvalue weighted by Crippen LogP contribution is 2.21. The van der Waals surface area contributed by atoms with Crippen molar-refractivity contribution in [2.24, 2.45) is 12.0 Å². The molecule has 0 spiro atoms. The van der Waals surface area contributed by atoms with Crippen LogP contribution in [0.5, 0.6) is 0 Å². The van der Waals surface area contributed by atoms with E-state index in [2.05, 4.69) is 37.5 Å². The minimum atomic E-state index is 0.561. The Balaban J connectivity index is 1.45. The van der Waals surface area contributed by atoms with E-state index in [0.717, 1.165) is 43.8 Å². The van der Waals surface area contributed by atoms with Crippen LogP contribution in [0.15, 0.2) is 17.1 Å². The zero-order valence-electron chi connectivity index (χ0n) is 16.8. The number of guanidine groups is 1. The number of hydrogen-bond acceptors (Lipinski definition) is 4. The van der Waals surface area contributed by atoms with Crippen LogP contribution < -0.4 is 5.32 Å². The normalized spacial score (nSPS) is 24.9. The molecule has 0 bridgehead atoms. The summed E-state index contributed by atoms with van der Waals surface area (Å²) in [6.45, 7) is 6.91. The molecule has 1 N–H and O–H groups in total. The first-order chi connectivity index (χ1) is 13.2. The number of likely N-dealkylation sites (tertiary alicyclic amines) is 1. The molecule has 1 aromatic heterocycles. The lowest BCUT2D eigenvalue weighted by Crippen LogP contribution is -2.47. The minimum Gasteiger partial charge on any atom is -0.353 e. The van der Waals surface area contributed by atoms with Crippen LogP contribution in [0, 0.1) is 6.92 Å². The van der Waals surface area contributed by atoms with Crippen molar-refractivity contribution in [3.8, 4) is 0 Å². The molecule has 1 aliphatic carbocycles. The Hall–Kier alpha value is -1.89. The SMILES string of the molecule is Cc1nnc(CN=C(NC2CCCCC2)N2CCC(N3CC=CC3)C2)n1C. The molecule has 7 nitrogen and oxygen atoms in total. The van der Waals surface area contributed by atoms with E-state index in [-0.39, 0.29) is 0 Å². The Kier molecular flexibility index (Phi) is 5.76. The van der Waals surface area contributed by atoms with E-state index in [9.17, 15) is 0 Å². The van der Waals surface area contributed by atoms with E-state index in [4.69, 9.17) is 4.99 Å². The Morgan fingerprint density at radius 2 is 1.93 bits per heavy atom. The van der Waals surface area contributed by atoms with Gasteiger partial charge < -0.3 is 14.8 Å². The molecule has 1 aromatic rings. The topological polar surface area (TPSA) is 61.6 Å². The van der Waals surface area contributed by atoms with Gasteiger partial charge in [-0.05, 0) is 26.2 Å². The first kappa shape index (κ1) is 18.5. The Morgan fingerprint density at radius 1 is 1.15 bits per heavy atom. The van der Waals surface area contributed by atoms with Crippen molar-refractivity contribution in [3.05, 3.63) is 23.8 Å². The van der Waals surface area contributed by atoms with E-state index < -0.39 is 0 Å². The number of aliphatic imine (C=N–C) groups is 1. The maximum atomic E-state index is 4.98. The molecule has 0 amide bonds. The third kappa shape index (κ3) is 4.34. The maximum Gasteiger partial charge on any atom is 0.194 e. The van der Waals surface area contributed by atoms with E-state index in [1.807, 2.05) is 18.5 Å². The van der Waals surface area contributed by atoms with Gasteiger partial charge in [0.15, 0.2) is 11.8 Å². The van der Waals surface area contributed by atoms with Crippen LogP contribution in [0.1, 0.15) is 50.2 Å². The van der Waals surface area contributed by atoms with Crippen LogP contribution in [0.25, 0.3) is 0 Å². The molecule has 7 heteroatoms. The third-order valence-corrected chi connectivity index (χ3v) is 6.32. The lowest BCUT2D eigenvalue weighted by Gasteiger charge is -2.30. The summed E-state index contributed by atoms with van der Waals surface area (Å²) in [4.78, 5) is 10.0. The summed E-state index contributed by atoms with van der Waals surface area (Å²) in [5.41, 5.74) is 0. The van der Waals surface area contributed by atoms with Crippen molar-refractivity contribution in [2.45, 2.75) is 64.1 Å². The van der Waals surface area contributed by atoms with Crippen LogP contribution in [-0.4, -0.2) is 68.8 Å². The molecule has 148 valence electrons. The van der Waals surface area contributed by atoms with Crippen molar-refractivity contribution in [2.75, 3.05) is 26.2 Å². The lowest BCUT2D eigenvalue weighted by molar-refractivity contribution is 0.258. The molecule has 0 aromatic carbocycles. The van der Waals surface area contributed by atoms with Gasteiger partial charge in [-0.15, -0.1) is 10.2 Å². The van der Waals surface area contributed by atoms with Gasteiger partial charge in [-0.1, -0.05) is 31.4 Å². The standard InChI is InChI=1S/C20H33N7/c1-16-23-24-19(25(16)2)14-21-20(22-17-8-4-3-5-9-17)27-13-10-18(15-27)26-11-6-7-12-26/h6-7,17-18H,3-5,8-15H2,1-2H3,(H,21,22). The van der Waals surface area contributed by atoms with Crippen LogP contribution in [-0.2, 0) is 13.6 Å². The van der Waals surface area contributed by atoms with Crippen LogP contribution >= 0.6 is 0 Å². The zero-order valence-corrected chi connectivity index (χ0v) is 16.8. The maximum absolute atomic E-state index is 4.98. The van der Waals surface area contributed by atoms with Gasteiger partial charge in [0, 0.05) is 45.3 Å². The van der Waals surface area contributed by atoms with E-state index in [0.29, 0.717) is 18.6 Å². The monoisotopic (exact) mass is 371 g/mol. The van der Waals surface area contributed by atoms with Crippen molar-refractivity contribution in [1.29, 1.82) is 0 Å². The van der Waals surface area contributed by atoms with Gasteiger partial charge in [-0.2, -0.15) is 0 Å². The molecule has 27 heavy (non-hydrogen) atoms. The second-order valence-corrected chi connectivity index (χ2v) is 8.16. The first-order valence-electron chi connectivity index (χ1n) is 10.5. The minimum absolute atomic E-state index is 0.561. The van der Waals surface area contributed by atoms with Gasteiger partial charge in [-0.3, -0.25) is 4.90 Å². The molecule has 1 atom stereocenters. The number of rotatable bonds is 4. The second-order valence-electron chi connectivity index (χ2n) is 8.16. The molecule has 2 aliphatic heterocycles. The molecular weight excluding hydrogens is 338 g/mol. The zero-order chi connectivity index (χ0) is 18.6. The average molecular weight is 372 g/mol. The molecule has 1 saturated carbocycles. The van der Waals surface area contributed by atoms with Crippen molar-refractivity contribution in [3.63, 3.8) is 0 Å². The highest BCUT2D eigenvalue weighted by Gasteiger charge is 2.30. The van der Waals surface area contributed by atoms with E-state index in [1.165, 1.54) is 38.5 Å². The van der Waals surface area contributed by atoms with Gasteiger partial charge in [0.25, 0.3) is 0 Å². The van der Waals surface area contributed by atoms with Crippen molar-refractivity contribution >= 4 is 5.96 Å². The van der Waals surface area contributed by atoms with Crippen LogP contribution in [0.4, 0.5) is 0 Å². The summed E-state index contributed by atoms with van der Waals surface area (Å²) in [5.74, 6) is 2.93. The quantitative estimate of drug-likeness (QED) is 0.497. The molecular formula is C20H33N7. The highest BCUT2D eigenvalue weighted by atomic mass is 15.4. The van der Waals surface area contributed by atoms with Gasteiger partial charge in [0.1, 0.15) is 12.4 Å². The highest BCUT2D eigenvalue weighted by molar-refractivity contribution is 5.80. The number of hydrogen-bond donors (Lipinski definition) is 1. The Bertz CT molecular complexity index is 679. The molecule has 0 radical (unpaired) electrons. The average Bonchev–Trinajstić information content (AvgIpc) is 3.43. The summed E-state index contributed by atoms with van der Waals surface area (Å²) in [6, 6.07) is 1.20. The van der Waals surface area contributed by atoms with Crippen LogP contribution in [0.2, 0.25) is 0 Å². The fourth-order valence-corrected chi connectivity index (χ4v) is 4.43. The fourth-order valence-electron chi connectivity index (χ4n) is 4.43. The van der Waals surface area contributed by atoms with E-state index >= 15 is 0 Å². The van der Waals surface area contributed by atoms with Crippen molar-refractivity contribution < 1.29 is 0 Å². The van der Waals surface area contributed by atoms with E-state index in [1.54, 1.807) is 0 Å². The van der Waals surface area contributed by atoms with Crippen LogP contribution in [0.3, 0.4) is 0 Å². The summed E-state index contributed by atoms with van der Waals surface area (Å²) < 4.78 is 2.03. The van der Waals surface area contributed by atoms with Gasteiger partial charge in [-0.25, -0.2) is 4.99 Å². The molecule has 3 aliphatic rings. The number of nitrogens with one attached hydrogen (secondary N) is 1. The Morgan fingerprint density at radius 3 is 2.63 bits per heavy atom. The molecule has 1 unspecified atom stereocenters. The lowest BCUT2D eigenvalue weighted by atomic mass is 9.96. The van der Waals surface area contributed by atoms with Gasteiger partial charge >= 0.3 is 0 Å². The van der Waals surface area contributed by atoms with Crippen molar-refractivity contribution in [1.82, 2.24) is 29.9 Å². The van der Waals surface area contributed by atoms with Gasteiger partial charge in [0.2, 0.25) is 0 Å². The number of aromatic nitrogens is 3. The second kappa shape index (κ2) is 8.42. The predicted octanol–water partition coefficient (Wildman–Crippen LogP) is 1.85. The number of aryl methyl sites for hydroxylation is 1. The molecule has 2 fully saturated rings. The summed E-state index contributed by atoms with van der Waals surface area (Å²) in [6.07, 6.45) is 12.3. The Labute approximate surface area is 162 Å². The fraction of sp³-hybridized carbons (Fsp3) is 0.750. The largest absolute Gasteiger partial charge is 0.353 e. The summed E-state index contributed by atoms with van der Waals surface area (Å²) in [5, 5.41) is 12.2. The predicted molar refractivity (Wildman–Crippen MR) is 108 cm³/mol. The molecule has 1 saturated heterocycles. The summed E-state index contributed by atoms with van der Waals surface area (Å²) >= 11 is 0. The summed E-state index contributed by atoms with van der Waals surface area (Å²) in [7, 11) is 2.01. The van der Waals surface area contributed by atoms with Gasteiger partial charge in [0.05, 0.1) is 0 Å². The third-order valence-electron chi connectivity index (χ3n) is 6.32. The smallest absolute Gasteiger partial charge is 0.194 e.